The van der Waals surface area contributed by atoms with Gasteiger partial charge in [-0.25, -0.2) is 8.42 Å². The van der Waals surface area contributed by atoms with Crippen LogP contribution in [0.4, 0.5) is 5.69 Å². The van der Waals surface area contributed by atoms with E-state index in [-0.39, 0.29) is 16.6 Å². The number of amides is 1. The van der Waals surface area contributed by atoms with Crippen molar-refractivity contribution in [3.63, 3.8) is 0 Å². The van der Waals surface area contributed by atoms with Gasteiger partial charge in [-0.15, -0.1) is 0 Å². The minimum absolute atomic E-state index is 0.0945. The Labute approximate surface area is 226 Å². The Balaban J connectivity index is 1.47. The van der Waals surface area contributed by atoms with Crippen molar-refractivity contribution < 1.29 is 17.9 Å². The lowest BCUT2D eigenvalue weighted by Crippen LogP contribution is -2.35. The van der Waals surface area contributed by atoms with Gasteiger partial charge in [0.05, 0.1) is 29.4 Å². The second-order valence-electron chi connectivity index (χ2n) is 9.33. The van der Waals surface area contributed by atoms with Crippen molar-refractivity contribution in [1.29, 1.82) is 0 Å². The highest BCUT2D eigenvalue weighted by atomic mass is 35.5. The van der Waals surface area contributed by atoms with Crippen molar-refractivity contribution in [1.82, 2.24) is 9.88 Å². The van der Waals surface area contributed by atoms with Crippen LogP contribution in [0.5, 0.6) is 0 Å². The standard InChI is InChI=1S/C27H27Cl2N3O4S/c1-16-21(14-32-8-10-36-11-9-32)17(2)30-26(16)13-20-19-12-18(6-7-25(19)31-27(20)33)37(34,35)15-22-23(28)4-3-5-24(22)29/h3-7,12-13,30H,8-11,14-15H2,1-2H3,(H,31,33)/b20-13-. The molecule has 2 aromatic carbocycles. The van der Waals surface area contributed by atoms with Crippen molar-refractivity contribution in [3.8, 4) is 0 Å². The zero-order chi connectivity index (χ0) is 26.3. The monoisotopic (exact) mass is 559 g/mol. The van der Waals surface area contributed by atoms with Gasteiger partial charge in [0.15, 0.2) is 9.84 Å². The second kappa shape index (κ2) is 10.3. The number of aromatic amines is 1. The first-order valence-electron chi connectivity index (χ1n) is 12.0. The van der Waals surface area contributed by atoms with Gasteiger partial charge < -0.3 is 15.0 Å². The van der Waals surface area contributed by atoms with E-state index >= 15 is 0 Å². The van der Waals surface area contributed by atoms with Crippen LogP contribution in [-0.2, 0) is 31.7 Å². The fourth-order valence-corrected chi connectivity index (χ4v) is 6.89. The number of rotatable bonds is 6. The Morgan fingerprint density at radius 2 is 1.76 bits per heavy atom. The van der Waals surface area contributed by atoms with E-state index in [0.717, 1.165) is 49.8 Å². The van der Waals surface area contributed by atoms with Gasteiger partial charge in [-0.05, 0) is 61.4 Å². The number of H-pyrrole nitrogens is 1. The summed E-state index contributed by atoms with van der Waals surface area (Å²) in [5, 5.41) is 3.42. The van der Waals surface area contributed by atoms with Crippen LogP contribution in [0, 0.1) is 13.8 Å². The number of ether oxygens (including phenoxy) is 1. The maximum atomic E-state index is 13.3. The largest absolute Gasteiger partial charge is 0.379 e. The molecule has 0 unspecified atom stereocenters. The first-order chi connectivity index (χ1) is 17.6. The number of carbonyl (C=O) groups excluding carboxylic acids is 1. The van der Waals surface area contributed by atoms with Crippen molar-refractivity contribution in [2.24, 2.45) is 0 Å². The number of hydrogen-bond donors (Lipinski definition) is 2. The van der Waals surface area contributed by atoms with Crippen LogP contribution in [-0.4, -0.2) is 50.5 Å². The molecule has 194 valence electrons. The summed E-state index contributed by atoms with van der Waals surface area (Å²) in [7, 11) is -3.78. The summed E-state index contributed by atoms with van der Waals surface area (Å²) in [5.74, 6) is -0.620. The molecule has 1 saturated heterocycles. The second-order valence-corrected chi connectivity index (χ2v) is 12.1. The molecule has 0 saturated carbocycles. The summed E-state index contributed by atoms with van der Waals surface area (Å²) in [6.45, 7) is 8.08. The van der Waals surface area contributed by atoms with E-state index in [0.29, 0.717) is 32.4 Å². The number of nitrogens with zero attached hydrogens (tertiary/aromatic N) is 1. The van der Waals surface area contributed by atoms with Crippen molar-refractivity contribution in [2.45, 2.75) is 31.0 Å². The molecule has 0 bridgehead atoms. The lowest BCUT2D eigenvalue weighted by atomic mass is 10.0. The Hall–Kier alpha value is -2.62. The lowest BCUT2D eigenvalue weighted by molar-refractivity contribution is -0.110. The summed E-state index contributed by atoms with van der Waals surface area (Å²) in [5.41, 5.74) is 6.00. The number of morpholine rings is 1. The number of aromatic nitrogens is 1. The van der Waals surface area contributed by atoms with Crippen LogP contribution in [0.25, 0.3) is 11.6 Å². The molecule has 0 aliphatic carbocycles. The smallest absolute Gasteiger partial charge is 0.256 e. The van der Waals surface area contributed by atoms with Crippen LogP contribution < -0.4 is 5.32 Å². The van der Waals surface area contributed by atoms with Crippen molar-refractivity contribution in [3.05, 3.63) is 80.1 Å². The average molecular weight is 561 g/mol. The van der Waals surface area contributed by atoms with Crippen LogP contribution in [0.2, 0.25) is 10.0 Å². The Morgan fingerprint density at radius 3 is 2.46 bits per heavy atom. The molecule has 5 rings (SSSR count). The van der Waals surface area contributed by atoms with Gasteiger partial charge in [0.2, 0.25) is 0 Å². The predicted octanol–water partition coefficient (Wildman–Crippen LogP) is 5.24. The summed E-state index contributed by atoms with van der Waals surface area (Å²) in [6.07, 6.45) is 1.80. The summed E-state index contributed by atoms with van der Waals surface area (Å²) in [4.78, 5) is 18.8. The van der Waals surface area contributed by atoms with Crippen molar-refractivity contribution >= 4 is 56.3 Å². The highest BCUT2D eigenvalue weighted by Gasteiger charge is 2.28. The molecule has 1 fully saturated rings. The Morgan fingerprint density at radius 1 is 1.05 bits per heavy atom. The Kier molecular flexibility index (Phi) is 7.22. The molecule has 2 aliphatic heterocycles. The van der Waals surface area contributed by atoms with E-state index in [2.05, 4.69) is 15.2 Å². The van der Waals surface area contributed by atoms with Gasteiger partial charge >= 0.3 is 0 Å². The minimum Gasteiger partial charge on any atom is -0.379 e. The van der Waals surface area contributed by atoms with E-state index in [4.69, 9.17) is 27.9 Å². The van der Waals surface area contributed by atoms with E-state index < -0.39 is 9.84 Å². The number of aryl methyl sites for hydroxylation is 1. The molecule has 7 nitrogen and oxygen atoms in total. The average Bonchev–Trinajstić information content (AvgIpc) is 3.32. The molecular formula is C27H27Cl2N3O4S. The van der Waals surface area contributed by atoms with E-state index in [1.165, 1.54) is 11.6 Å². The number of sulfone groups is 1. The normalized spacial score (nSPS) is 17.3. The van der Waals surface area contributed by atoms with Gasteiger partial charge in [0.1, 0.15) is 0 Å². The third-order valence-corrected chi connectivity index (χ3v) is 9.28. The van der Waals surface area contributed by atoms with Gasteiger partial charge in [0.25, 0.3) is 5.91 Å². The van der Waals surface area contributed by atoms with Gasteiger partial charge in [-0.3, -0.25) is 9.69 Å². The lowest BCUT2D eigenvalue weighted by Gasteiger charge is -2.26. The molecule has 0 spiro atoms. The third-order valence-electron chi connectivity index (χ3n) is 6.93. The number of nitrogens with one attached hydrogen (secondary N) is 2. The SMILES string of the molecule is Cc1[nH]c(/C=C2\C(=O)Nc3ccc(S(=O)(=O)Cc4c(Cl)cccc4Cl)cc32)c(C)c1CN1CCOCC1. The predicted molar refractivity (Wildman–Crippen MR) is 147 cm³/mol. The summed E-state index contributed by atoms with van der Waals surface area (Å²) < 4.78 is 32.0. The van der Waals surface area contributed by atoms with Gasteiger partial charge in [-0.1, -0.05) is 29.3 Å². The highest BCUT2D eigenvalue weighted by Crippen LogP contribution is 2.37. The summed E-state index contributed by atoms with van der Waals surface area (Å²) >= 11 is 12.4. The molecule has 3 heterocycles. The fraction of sp³-hybridized carbons (Fsp3) is 0.296. The number of anilines is 1. The topological polar surface area (TPSA) is 91.5 Å². The molecule has 0 radical (unpaired) electrons. The molecule has 37 heavy (non-hydrogen) atoms. The molecule has 1 aromatic heterocycles. The maximum Gasteiger partial charge on any atom is 0.256 e. The van der Waals surface area contributed by atoms with E-state index in [1.807, 2.05) is 13.8 Å². The number of carbonyl (C=O) groups is 1. The van der Waals surface area contributed by atoms with Gasteiger partial charge in [-0.2, -0.15) is 0 Å². The molecular weight excluding hydrogens is 533 g/mol. The summed E-state index contributed by atoms with van der Waals surface area (Å²) in [6, 6.07) is 9.54. The van der Waals surface area contributed by atoms with Crippen LogP contribution >= 0.6 is 23.2 Å². The zero-order valence-corrected chi connectivity index (χ0v) is 22.9. The van der Waals surface area contributed by atoms with E-state index in [1.54, 1.807) is 36.4 Å². The number of benzene rings is 2. The number of hydrogen-bond acceptors (Lipinski definition) is 5. The molecule has 3 aromatic rings. The first kappa shape index (κ1) is 26.0. The number of fused-ring (bicyclic) bond motifs is 1. The maximum absolute atomic E-state index is 13.3. The molecule has 1 amide bonds. The molecule has 2 aliphatic rings. The zero-order valence-electron chi connectivity index (χ0n) is 20.5. The minimum atomic E-state index is -3.78. The molecule has 0 atom stereocenters. The first-order valence-corrected chi connectivity index (χ1v) is 14.4. The number of halogens is 2. The van der Waals surface area contributed by atoms with Gasteiger partial charge in [0, 0.05) is 57.9 Å². The fourth-order valence-electron chi connectivity index (χ4n) is 4.77. The quantitative estimate of drug-likeness (QED) is 0.403. The van der Waals surface area contributed by atoms with Crippen LogP contribution in [0.3, 0.4) is 0 Å². The van der Waals surface area contributed by atoms with E-state index in [9.17, 15) is 13.2 Å². The van der Waals surface area contributed by atoms with Crippen LogP contribution in [0.15, 0.2) is 41.3 Å². The Bertz CT molecular complexity index is 1500. The van der Waals surface area contributed by atoms with Crippen LogP contribution in [0.1, 0.15) is 33.6 Å². The van der Waals surface area contributed by atoms with Crippen molar-refractivity contribution in [2.75, 3.05) is 31.6 Å². The molecule has 2 N–H and O–H groups in total. The molecule has 10 heteroatoms. The highest BCUT2D eigenvalue weighted by molar-refractivity contribution is 7.90. The third kappa shape index (κ3) is 5.22.